The van der Waals surface area contributed by atoms with Crippen molar-refractivity contribution in [2.75, 3.05) is 0 Å². The van der Waals surface area contributed by atoms with Gasteiger partial charge in [-0.2, -0.15) is 18.4 Å². The van der Waals surface area contributed by atoms with Crippen molar-refractivity contribution in [3.63, 3.8) is 0 Å². The highest BCUT2D eigenvalue weighted by Gasteiger charge is 2.36. The Labute approximate surface area is 286 Å². The third-order valence-corrected chi connectivity index (χ3v) is 9.92. The summed E-state index contributed by atoms with van der Waals surface area (Å²) in [5.41, 5.74) is 7.44. The van der Waals surface area contributed by atoms with E-state index in [0.717, 1.165) is 71.9 Å². The second-order valence-electron chi connectivity index (χ2n) is 12.9. The van der Waals surface area contributed by atoms with Crippen LogP contribution in [-0.2, 0) is 6.18 Å². The molecule has 0 saturated heterocycles. The molecular formula is C43H29F3N4. The fourth-order valence-corrected chi connectivity index (χ4v) is 7.82. The van der Waals surface area contributed by atoms with Crippen LogP contribution in [0.2, 0.25) is 0 Å². The summed E-state index contributed by atoms with van der Waals surface area (Å²) in [6.07, 6.45) is -4.75. The monoisotopic (exact) mass is 658 g/mol. The summed E-state index contributed by atoms with van der Waals surface area (Å²) in [7, 11) is 0. The first kappa shape index (κ1) is 31.0. The molecule has 50 heavy (non-hydrogen) atoms. The molecular weight excluding hydrogens is 629 g/mol. The highest BCUT2D eigenvalue weighted by Crippen LogP contribution is 2.48. The minimum absolute atomic E-state index is 0.126. The Kier molecular flexibility index (Phi) is 6.89. The molecule has 0 atom stereocenters. The van der Waals surface area contributed by atoms with E-state index in [9.17, 15) is 18.4 Å². The van der Waals surface area contributed by atoms with Crippen LogP contribution in [0.15, 0.2) is 103 Å². The third-order valence-electron chi connectivity index (χ3n) is 9.92. The van der Waals surface area contributed by atoms with Gasteiger partial charge in [0.2, 0.25) is 0 Å². The standard InChI is InChI=1S/C43H29F3N4/c1-24-11-6-17-32-38(24)39-25(2)12-7-18-33(39)49(32)36-22-29(42-30(43(44,45)46)15-10-16-31(42)48-5)37(21-28(36)23-47)50-34-19-8-13-26(3)40(34)41-27(4)14-9-20-35(41)50/h6-22H,1-4H3. The Morgan fingerprint density at radius 2 is 1.02 bits per heavy atom. The van der Waals surface area contributed by atoms with Gasteiger partial charge in [-0.1, -0.05) is 66.7 Å². The largest absolute Gasteiger partial charge is 0.415 e. The Hall–Kier alpha value is -6.31. The van der Waals surface area contributed by atoms with E-state index < -0.39 is 11.7 Å². The summed E-state index contributed by atoms with van der Waals surface area (Å²) in [5.74, 6) is 0. The molecule has 2 heterocycles. The number of nitriles is 1. The zero-order chi connectivity index (χ0) is 35.1. The summed E-state index contributed by atoms with van der Waals surface area (Å²) in [6, 6.07) is 33.2. The number of hydrogen-bond acceptors (Lipinski definition) is 1. The lowest BCUT2D eigenvalue weighted by atomic mass is 9.93. The molecule has 8 aromatic rings. The van der Waals surface area contributed by atoms with E-state index in [1.807, 2.05) is 110 Å². The van der Waals surface area contributed by atoms with E-state index in [2.05, 4.69) is 10.9 Å². The van der Waals surface area contributed by atoms with Gasteiger partial charge in [-0.15, -0.1) is 0 Å². The topological polar surface area (TPSA) is 38.0 Å². The Balaban J connectivity index is 1.62. The van der Waals surface area contributed by atoms with Crippen LogP contribution in [-0.4, -0.2) is 9.13 Å². The second-order valence-corrected chi connectivity index (χ2v) is 12.9. The first-order valence-electron chi connectivity index (χ1n) is 16.2. The zero-order valence-corrected chi connectivity index (χ0v) is 27.7. The van der Waals surface area contributed by atoms with Crippen LogP contribution < -0.4 is 0 Å². The van der Waals surface area contributed by atoms with Gasteiger partial charge in [0.05, 0.1) is 51.1 Å². The third kappa shape index (κ3) is 4.37. The molecule has 6 aromatic carbocycles. The molecule has 242 valence electrons. The van der Waals surface area contributed by atoms with Gasteiger partial charge in [0.25, 0.3) is 0 Å². The van der Waals surface area contributed by atoms with Crippen LogP contribution in [0.4, 0.5) is 18.9 Å². The lowest BCUT2D eigenvalue weighted by molar-refractivity contribution is -0.137. The van der Waals surface area contributed by atoms with Gasteiger partial charge in [0, 0.05) is 27.1 Å². The number of aryl methyl sites for hydroxylation is 4. The summed E-state index contributed by atoms with van der Waals surface area (Å²) in [5, 5.41) is 14.8. The molecule has 0 radical (unpaired) electrons. The van der Waals surface area contributed by atoms with E-state index in [0.29, 0.717) is 11.4 Å². The Morgan fingerprint density at radius 3 is 1.42 bits per heavy atom. The number of aromatic nitrogens is 2. The summed E-state index contributed by atoms with van der Waals surface area (Å²) in [6.45, 7) is 16.1. The quantitative estimate of drug-likeness (QED) is 0.174. The van der Waals surface area contributed by atoms with Crippen LogP contribution in [0, 0.1) is 45.6 Å². The number of alkyl halides is 3. The minimum Gasteiger partial charge on any atom is -0.309 e. The number of benzene rings is 6. The Morgan fingerprint density at radius 1 is 0.600 bits per heavy atom. The predicted molar refractivity (Wildman–Crippen MR) is 195 cm³/mol. The number of fused-ring (bicyclic) bond motifs is 6. The highest BCUT2D eigenvalue weighted by molar-refractivity contribution is 6.14. The van der Waals surface area contributed by atoms with E-state index in [1.165, 1.54) is 12.1 Å². The number of nitrogens with zero attached hydrogens (tertiary/aromatic N) is 4. The molecule has 0 unspecified atom stereocenters. The molecule has 4 nitrogen and oxygen atoms in total. The Bertz CT molecular complexity index is 2700. The molecule has 7 heteroatoms. The average molecular weight is 659 g/mol. The summed E-state index contributed by atoms with van der Waals surface area (Å²) < 4.78 is 48.9. The maximum Gasteiger partial charge on any atom is 0.415 e. The highest BCUT2D eigenvalue weighted by atomic mass is 19.4. The van der Waals surface area contributed by atoms with Crippen molar-refractivity contribution in [2.45, 2.75) is 33.9 Å². The van der Waals surface area contributed by atoms with Crippen molar-refractivity contribution >= 4 is 49.3 Å². The normalized spacial score (nSPS) is 11.9. The molecule has 0 bridgehead atoms. The fourth-order valence-electron chi connectivity index (χ4n) is 7.82. The van der Waals surface area contributed by atoms with Gasteiger partial charge >= 0.3 is 6.18 Å². The predicted octanol–water partition coefficient (Wildman–Crippen LogP) is 12.2. The van der Waals surface area contributed by atoms with Crippen molar-refractivity contribution < 1.29 is 13.2 Å². The van der Waals surface area contributed by atoms with Gasteiger partial charge in [-0.05, 0) is 91.9 Å². The second kappa shape index (κ2) is 11.1. The van der Waals surface area contributed by atoms with Gasteiger partial charge < -0.3 is 9.13 Å². The maximum absolute atomic E-state index is 15.0. The van der Waals surface area contributed by atoms with Crippen molar-refractivity contribution in [2.24, 2.45) is 0 Å². The van der Waals surface area contributed by atoms with Crippen LogP contribution in [0.25, 0.3) is 71.0 Å². The summed E-state index contributed by atoms with van der Waals surface area (Å²) in [4.78, 5) is 3.62. The number of halogens is 3. The molecule has 0 aliphatic rings. The smallest absolute Gasteiger partial charge is 0.309 e. The zero-order valence-electron chi connectivity index (χ0n) is 27.7. The molecule has 0 amide bonds. The first-order chi connectivity index (χ1) is 24.0. The molecule has 0 aliphatic heterocycles. The summed E-state index contributed by atoms with van der Waals surface area (Å²) >= 11 is 0. The minimum atomic E-state index is -4.75. The fraction of sp³-hybridized carbons (Fsp3) is 0.116. The van der Waals surface area contributed by atoms with Crippen LogP contribution in [0.5, 0.6) is 0 Å². The van der Waals surface area contributed by atoms with Crippen molar-refractivity contribution in [1.29, 1.82) is 5.26 Å². The molecule has 8 rings (SSSR count). The number of rotatable bonds is 3. The van der Waals surface area contributed by atoms with E-state index in [1.54, 1.807) is 12.1 Å². The van der Waals surface area contributed by atoms with Crippen LogP contribution in [0.3, 0.4) is 0 Å². The number of hydrogen-bond donors (Lipinski definition) is 0. The molecule has 0 spiro atoms. The lowest BCUT2D eigenvalue weighted by Gasteiger charge is -2.22. The lowest BCUT2D eigenvalue weighted by Crippen LogP contribution is -2.10. The molecule has 2 aromatic heterocycles. The molecule has 0 N–H and O–H groups in total. The van der Waals surface area contributed by atoms with E-state index in [4.69, 9.17) is 6.57 Å². The SMILES string of the molecule is [C-]#[N+]c1cccc(C(F)(F)F)c1-c1cc(-n2c3cccc(C)c3c3c(C)cccc32)c(C#N)cc1-n1c2cccc(C)c2c2c(C)cccc21. The van der Waals surface area contributed by atoms with E-state index in [-0.39, 0.29) is 22.4 Å². The average Bonchev–Trinajstić information content (AvgIpc) is 3.63. The molecule has 0 saturated carbocycles. The van der Waals surface area contributed by atoms with E-state index >= 15 is 0 Å². The van der Waals surface area contributed by atoms with Crippen molar-refractivity contribution in [3.05, 3.63) is 148 Å². The van der Waals surface area contributed by atoms with Crippen molar-refractivity contribution in [3.8, 4) is 28.6 Å². The molecule has 0 aliphatic carbocycles. The van der Waals surface area contributed by atoms with Gasteiger partial charge in [0.1, 0.15) is 6.07 Å². The first-order valence-corrected chi connectivity index (χ1v) is 16.2. The van der Waals surface area contributed by atoms with Gasteiger partial charge in [-0.25, -0.2) is 4.85 Å². The van der Waals surface area contributed by atoms with Crippen molar-refractivity contribution in [1.82, 2.24) is 9.13 Å². The van der Waals surface area contributed by atoms with Gasteiger partial charge in [-0.3, -0.25) is 0 Å². The van der Waals surface area contributed by atoms with Crippen LogP contribution in [0.1, 0.15) is 33.4 Å². The van der Waals surface area contributed by atoms with Gasteiger partial charge in [0.15, 0.2) is 5.69 Å². The van der Waals surface area contributed by atoms with Crippen LogP contribution >= 0.6 is 0 Å². The maximum atomic E-state index is 15.0. The molecule has 0 fully saturated rings.